The molecule has 0 bridgehead atoms. The summed E-state index contributed by atoms with van der Waals surface area (Å²) in [5.41, 5.74) is -0.380. The van der Waals surface area contributed by atoms with Gasteiger partial charge in [0.1, 0.15) is 10.1 Å². The molecule has 0 amide bonds. The summed E-state index contributed by atoms with van der Waals surface area (Å²) >= 11 is 0. The summed E-state index contributed by atoms with van der Waals surface area (Å²) in [7, 11) is -4.76. The van der Waals surface area contributed by atoms with E-state index in [0.717, 1.165) is 18.2 Å². The molecule has 7 heteroatoms. The fourth-order valence-electron chi connectivity index (χ4n) is 2.87. The second-order valence-corrected chi connectivity index (χ2v) is 7.15. The molecule has 0 radical (unpaired) electrons. The first-order chi connectivity index (χ1) is 11.7. The standard InChI is InChI=1S/C10H6O5S.C8H20N/c11-7-4-5-9(16(13,14)15)10-6(7)2-1-3-8(10)12;1-5-9(6-2,7-3)8-4/h1-5H,(H,13,14,15);5-8H2,1-4H3/q;+1/p-1. The van der Waals surface area contributed by atoms with Crippen molar-refractivity contribution in [3.05, 3.63) is 46.4 Å². The van der Waals surface area contributed by atoms with Crippen molar-refractivity contribution in [3.8, 4) is 0 Å². The van der Waals surface area contributed by atoms with Crippen LogP contribution in [0.3, 0.4) is 0 Å². The fraction of sp³-hybridized carbons (Fsp3) is 0.444. The Balaban J connectivity index is 0.000000299. The largest absolute Gasteiger partial charge is 0.744 e. The molecule has 0 atom stereocenters. The minimum Gasteiger partial charge on any atom is -0.744 e. The highest BCUT2D eigenvalue weighted by molar-refractivity contribution is 7.90. The number of quaternary nitrogens is 1. The third kappa shape index (κ3) is 4.84. The Morgan fingerprint density at radius 3 is 1.80 bits per heavy atom. The molecule has 2 rings (SSSR count). The molecule has 138 valence electrons. The number of hydrogen-bond acceptors (Lipinski definition) is 5. The second kappa shape index (κ2) is 8.51. The molecule has 0 N–H and O–H groups in total. The predicted molar refractivity (Wildman–Crippen MR) is 95.5 cm³/mol. The Morgan fingerprint density at radius 1 is 0.880 bits per heavy atom. The summed E-state index contributed by atoms with van der Waals surface area (Å²) < 4.78 is 34.0. The first kappa shape index (κ1) is 21.2. The Bertz CT molecular complexity index is 748. The molecule has 0 aromatic rings. The summed E-state index contributed by atoms with van der Waals surface area (Å²) in [6.45, 7) is 14.2. The molecule has 0 aliphatic heterocycles. The number of carbonyl (C=O) groups is 2. The number of hydrogen-bond donors (Lipinski definition) is 0. The lowest BCUT2D eigenvalue weighted by Crippen LogP contribution is -2.47. The average Bonchev–Trinajstić information content (AvgIpc) is 2.58. The van der Waals surface area contributed by atoms with Gasteiger partial charge in [-0.05, 0) is 45.9 Å². The van der Waals surface area contributed by atoms with Crippen LogP contribution in [-0.4, -0.2) is 55.2 Å². The highest BCUT2D eigenvalue weighted by Gasteiger charge is 2.28. The van der Waals surface area contributed by atoms with Crippen molar-refractivity contribution in [2.45, 2.75) is 27.7 Å². The number of fused-ring (bicyclic) bond motifs is 1. The number of nitrogens with zero attached hydrogens (tertiary/aromatic N) is 1. The molecule has 0 saturated heterocycles. The first-order valence-electron chi connectivity index (χ1n) is 8.36. The summed E-state index contributed by atoms with van der Waals surface area (Å²) in [4.78, 5) is 22.2. The lowest BCUT2D eigenvalue weighted by Gasteiger charge is -2.34. The number of carbonyl (C=O) groups excluding carboxylic acids is 2. The molecule has 0 fully saturated rings. The topological polar surface area (TPSA) is 91.3 Å². The summed E-state index contributed by atoms with van der Waals surface area (Å²) in [6, 6.07) is 0. The Morgan fingerprint density at radius 2 is 1.40 bits per heavy atom. The zero-order valence-corrected chi connectivity index (χ0v) is 15.9. The Hall–Kier alpha value is -1.83. The van der Waals surface area contributed by atoms with Gasteiger partial charge in [0.15, 0.2) is 11.6 Å². The molecule has 0 saturated carbocycles. The number of allylic oxidation sites excluding steroid dienone is 7. The molecule has 0 heterocycles. The minimum absolute atomic E-state index is 0.0515. The van der Waals surface area contributed by atoms with E-state index in [9.17, 15) is 22.6 Å². The molecule has 25 heavy (non-hydrogen) atoms. The van der Waals surface area contributed by atoms with Crippen molar-refractivity contribution >= 4 is 21.7 Å². The van der Waals surface area contributed by atoms with Crippen molar-refractivity contribution in [2.24, 2.45) is 0 Å². The molecule has 2 aliphatic carbocycles. The molecule has 0 spiro atoms. The van der Waals surface area contributed by atoms with Crippen LogP contribution in [-0.2, 0) is 19.7 Å². The summed E-state index contributed by atoms with van der Waals surface area (Å²) in [5.74, 6) is -1.13. The van der Waals surface area contributed by atoms with Crippen molar-refractivity contribution in [2.75, 3.05) is 26.2 Å². The quantitative estimate of drug-likeness (QED) is 0.546. The van der Waals surface area contributed by atoms with E-state index in [1.165, 1.54) is 42.8 Å². The van der Waals surface area contributed by atoms with Crippen LogP contribution in [0.15, 0.2) is 46.4 Å². The van der Waals surface area contributed by atoms with Crippen molar-refractivity contribution in [1.29, 1.82) is 0 Å². The van der Waals surface area contributed by atoms with E-state index in [-0.39, 0.29) is 11.1 Å². The zero-order valence-electron chi connectivity index (χ0n) is 15.1. The molecule has 6 nitrogen and oxygen atoms in total. The van der Waals surface area contributed by atoms with Gasteiger partial charge in [-0.3, -0.25) is 9.59 Å². The summed E-state index contributed by atoms with van der Waals surface area (Å²) in [5, 5.41) is 0. The molecule has 0 unspecified atom stereocenters. The van der Waals surface area contributed by atoms with Crippen LogP contribution in [0.25, 0.3) is 0 Å². The van der Waals surface area contributed by atoms with Gasteiger partial charge < -0.3 is 9.04 Å². The van der Waals surface area contributed by atoms with E-state index < -0.39 is 26.6 Å². The van der Waals surface area contributed by atoms with Gasteiger partial charge in [-0.15, -0.1) is 0 Å². The minimum atomic E-state index is -4.76. The fourth-order valence-corrected chi connectivity index (χ4v) is 3.56. The van der Waals surface area contributed by atoms with Crippen LogP contribution in [0.5, 0.6) is 0 Å². The van der Waals surface area contributed by atoms with Crippen LogP contribution in [0.1, 0.15) is 27.7 Å². The molecular formula is C18H25NO5S. The highest BCUT2D eigenvalue weighted by atomic mass is 32.2. The Kier molecular flexibility index (Phi) is 7.22. The number of rotatable bonds is 5. The lowest BCUT2D eigenvalue weighted by atomic mass is 9.90. The van der Waals surface area contributed by atoms with Gasteiger partial charge in [-0.25, -0.2) is 8.42 Å². The van der Waals surface area contributed by atoms with Crippen molar-refractivity contribution in [3.63, 3.8) is 0 Å². The second-order valence-electron chi connectivity index (χ2n) is 5.80. The molecule has 2 aliphatic rings. The molecule has 0 aromatic heterocycles. The zero-order chi connectivity index (χ0) is 19.3. The van der Waals surface area contributed by atoms with Crippen LogP contribution < -0.4 is 0 Å². The van der Waals surface area contributed by atoms with Crippen LogP contribution in [0, 0.1) is 0 Å². The van der Waals surface area contributed by atoms with E-state index in [2.05, 4.69) is 27.7 Å². The predicted octanol–water partition coefficient (Wildman–Crippen LogP) is 1.87. The lowest BCUT2D eigenvalue weighted by molar-refractivity contribution is -0.921. The monoisotopic (exact) mass is 367 g/mol. The van der Waals surface area contributed by atoms with Gasteiger partial charge in [0, 0.05) is 5.57 Å². The van der Waals surface area contributed by atoms with E-state index in [1.807, 2.05) is 0 Å². The van der Waals surface area contributed by atoms with E-state index >= 15 is 0 Å². The molecule has 0 aromatic carbocycles. The smallest absolute Gasteiger partial charge is 0.187 e. The van der Waals surface area contributed by atoms with Crippen LogP contribution >= 0.6 is 0 Å². The van der Waals surface area contributed by atoms with Gasteiger partial charge in [0.25, 0.3) is 0 Å². The maximum absolute atomic E-state index is 11.5. The maximum atomic E-state index is 11.5. The molecular weight excluding hydrogens is 342 g/mol. The first-order valence-corrected chi connectivity index (χ1v) is 9.77. The SMILES string of the molecule is CC[N+](CC)(CC)CC.O=C1C=CC(S(=O)(=O)[O-])=C2C(=O)C=CC=C12. The third-order valence-corrected chi connectivity index (χ3v) is 5.76. The van der Waals surface area contributed by atoms with Crippen molar-refractivity contribution in [1.82, 2.24) is 0 Å². The van der Waals surface area contributed by atoms with Gasteiger partial charge in [-0.2, -0.15) is 0 Å². The summed E-state index contributed by atoms with van der Waals surface area (Å²) in [6.07, 6.45) is 5.60. The van der Waals surface area contributed by atoms with Crippen molar-refractivity contribution < 1.29 is 27.0 Å². The van der Waals surface area contributed by atoms with Gasteiger partial charge in [-0.1, -0.05) is 12.2 Å². The van der Waals surface area contributed by atoms with Crippen LogP contribution in [0.2, 0.25) is 0 Å². The van der Waals surface area contributed by atoms with E-state index in [1.54, 1.807) is 0 Å². The normalized spacial score (nSPS) is 17.1. The maximum Gasteiger partial charge on any atom is 0.187 e. The van der Waals surface area contributed by atoms with Crippen LogP contribution in [0.4, 0.5) is 0 Å². The van der Waals surface area contributed by atoms with Gasteiger partial charge in [0.05, 0.1) is 36.7 Å². The van der Waals surface area contributed by atoms with Gasteiger partial charge in [0.2, 0.25) is 0 Å². The third-order valence-electron chi connectivity index (χ3n) is 4.88. The van der Waals surface area contributed by atoms with Gasteiger partial charge >= 0.3 is 0 Å². The average molecular weight is 367 g/mol. The van der Waals surface area contributed by atoms with E-state index in [0.29, 0.717) is 0 Å². The number of ketones is 2. The Labute approximate surface area is 149 Å². The van der Waals surface area contributed by atoms with E-state index in [4.69, 9.17) is 0 Å². The highest BCUT2D eigenvalue weighted by Crippen LogP contribution is 2.28.